The Morgan fingerprint density at radius 2 is 2.15 bits per heavy atom. The average molecular weight is 379 g/mol. The van der Waals surface area contributed by atoms with Crippen LogP contribution >= 0.6 is 11.3 Å². The van der Waals surface area contributed by atoms with Gasteiger partial charge in [0, 0.05) is 23.2 Å². The van der Waals surface area contributed by atoms with E-state index in [1.54, 1.807) is 17.5 Å². The van der Waals surface area contributed by atoms with Crippen molar-refractivity contribution in [3.8, 4) is 27.7 Å². The third-order valence-corrected chi connectivity index (χ3v) is 5.58. The maximum Gasteiger partial charge on any atom is 0.265 e. The van der Waals surface area contributed by atoms with Crippen LogP contribution in [0.25, 0.3) is 22.0 Å². The number of amides is 1. The molecule has 1 amide bonds. The molecule has 0 saturated heterocycles. The van der Waals surface area contributed by atoms with Gasteiger partial charge in [-0.15, -0.1) is 11.3 Å². The van der Waals surface area contributed by atoms with E-state index in [2.05, 4.69) is 18.8 Å². The molecule has 2 aromatic heterocycles. The zero-order valence-corrected chi connectivity index (χ0v) is 16.3. The molecule has 1 aliphatic heterocycles. The molecule has 27 heavy (non-hydrogen) atoms. The minimum absolute atomic E-state index is 0.0114. The first kappa shape index (κ1) is 17.7. The number of benzene rings is 1. The van der Waals surface area contributed by atoms with Crippen molar-refractivity contribution in [2.45, 2.75) is 26.7 Å². The molecule has 3 heterocycles. The zero-order chi connectivity index (χ0) is 18.8. The Labute approximate surface area is 162 Å². The summed E-state index contributed by atoms with van der Waals surface area (Å²) in [4.78, 5) is 24.5. The molecule has 0 bridgehead atoms. The number of ether oxygens (including phenoxy) is 1. The second-order valence-electron chi connectivity index (χ2n) is 6.51. The number of anilines is 1. The average Bonchev–Trinajstić information content (AvgIpc) is 3.09. The van der Waals surface area contributed by atoms with Gasteiger partial charge in [-0.3, -0.25) is 9.78 Å². The van der Waals surface area contributed by atoms with Crippen molar-refractivity contribution < 1.29 is 9.53 Å². The van der Waals surface area contributed by atoms with Crippen molar-refractivity contribution in [2.24, 2.45) is 0 Å². The first-order chi connectivity index (χ1) is 13.2. The fourth-order valence-electron chi connectivity index (χ4n) is 3.17. The standard InChI is InChI=1S/C21H21N3O2S/c1-3-4-11-24-17-12-15(8-9-18(17)26-13-19(24)25)20-14(2)27-21(23-20)16-7-5-6-10-22-16/h5-10,12H,3-4,11,13H2,1-2H3. The van der Waals surface area contributed by atoms with Gasteiger partial charge in [-0.1, -0.05) is 19.4 Å². The van der Waals surface area contributed by atoms with Crippen LogP contribution in [0.4, 0.5) is 5.69 Å². The second kappa shape index (κ2) is 7.48. The molecule has 0 saturated carbocycles. The van der Waals surface area contributed by atoms with Gasteiger partial charge in [0.1, 0.15) is 10.8 Å². The van der Waals surface area contributed by atoms with Gasteiger partial charge in [0.15, 0.2) is 6.61 Å². The number of aryl methyl sites for hydroxylation is 1. The Balaban J connectivity index is 1.73. The Morgan fingerprint density at radius 3 is 2.93 bits per heavy atom. The number of pyridine rings is 1. The SMILES string of the molecule is CCCCN1C(=O)COc2ccc(-c3nc(-c4ccccn4)sc3C)cc21. The molecule has 0 atom stereocenters. The molecule has 1 aromatic carbocycles. The van der Waals surface area contributed by atoms with Crippen molar-refractivity contribution >= 4 is 22.9 Å². The highest BCUT2D eigenvalue weighted by Crippen LogP contribution is 2.39. The number of fused-ring (bicyclic) bond motifs is 1. The molecular weight excluding hydrogens is 358 g/mol. The van der Waals surface area contributed by atoms with Crippen LogP contribution in [0.1, 0.15) is 24.6 Å². The summed E-state index contributed by atoms with van der Waals surface area (Å²) < 4.78 is 5.62. The molecule has 3 aromatic rings. The lowest BCUT2D eigenvalue weighted by atomic mass is 10.1. The zero-order valence-electron chi connectivity index (χ0n) is 15.4. The van der Waals surface area contributed by atoms with Crippen LogP contribution in [0.15, 0.2) is 42.6 Å². The third-order valence-electron chi connectivity index (χ3n) is 4.59. The van der Waals surface area contributed by atoms with Gasteiger partial charge in [-0.05, 0) is 43.7 Å². The largest absolute Gasteiger partial charge is 0.482 e. The smallest absolute Gasteiger partial charge is 0.265 e. The van der Waals surface area contributed by atoms with Crippen LogP contribution in [0.5, 0.6) is 5.75 Å². The molecule has 0 N–H and O–H groups in total. The lowest BCUT2D eigenvalue weighted by Gasteiger charge is -2.29. The topological polar surface area (TPSA) is 55.3 Å². The Kier molecular flexibility index (Phi) is 4.90. The highest BCUT2D eigenvalue weighted by atomic mass is 32.1. The molecule has 1 aliphatic rings. The number of rotatable bonds is 5. The molecule has 0 spiro atoms. The van der Waals surface area contributed by atoms with Crippen molar-refractivity contribution in [2.75, 3.05) is 18.1 Å². The monoisotopic (exact) mass is 379 g/mol. The van der Waals surface area contributed by atoms with Crippen LogP contribution in [0.3, 0.4) is 0 Å². The van der Waals surface area contributed by atoms with Crippen LogP contribution in [-0.2, 0) is 4.79 Å². The van der Waals surface area contributed by atoms with Gasteiger partial charge < -0.3 is 9.64 Å². The molecule has 6 heteroatoms. The maximum atomic E-state index is 12.3. The first-order valence-corrected chi connectivity index (χ1v) is 9.95. The predicted molar refractivity (Wildman–Crippen MR) is 108 cm³/mol. The second-order valence-corrected chi connectivity index (χ2v) is 7.71. The highest BCUT2D eigenvalue weighted by molar-refractivity contribution is 7.15. The van der Waals surface area contributed by atoms with Crippen molar-refractivity contribution in [1.82, 2.24) is 9.97 Å². The molecular formula is C21H21N3O2S. The van der Waals surface area contributed by atoms with E-state index < -0.39 is 0 Å². The number of carbonyl (C=O) groups is 1. The number of thiazole rings is 1. The van der Waals surface area contributed by atoms with Crippen molar-refractivity contribution in [3.05, 3.63) is 47.5 Å². The summed E-state index contributed by atoms with van der Waals surface area (Å²) in [6.07, 6.45) is 3.78. The van der Waals surface area contributed by atoms with E-state index in [1.165, 1.54) is 0 Å². The molecule has 5 nitrogen and oxygen atoms in total. The number of aromatic nitrogens is 2. The van der Waals surface area contributed by atoms with Gasteiger partial charge in [-0.25, -0.2) is 4.98 Å². The van der Waals surface area contributed by atoms with E-state index in [4.69, 9.17) is 9.72 Å². The summed E-state index contributed by atoms with van der Waals surface area (Å²) in [5.74, 6) is 0.768. The minimum Gasteiger partial charge on any atom is -0.482 e. The van der Waals surface area contributed by atoms with Crippen LogP contribution < -0.4 is 9.64 Å². The van der Waals surface area contributed by atoms with Gasteiger partial charge in [0.25, 0.3) is 5.91 Å². The van der Waals surface area contributed by atoms with E-state index in [9.17, 15) is 4.79 Å². The van der Waals surface area contributed by atoms with E-state index in [1.807, 2.05) is 41.3 Å². The quantitative estimate of drug-likeness (QED) is 0.644. The summed E-state index contributed by atoms with van der Waals surface area (Å²) in [6.45, 7) is 5.01. The number of hydrogen-bond donors (Lipinski definition) is 0. The third kappa shape index (κ3) is 3.45. The van der Waals surface area contributed by atoms with Crippen molar-refractivity contribution in [3.63, 3.8) is 0 Å². The number of carbonyl (C=O) groups excluding carboxylic acids is 1. The molecule has 138 valence electrons. The van der Waals surface area contributed by atoms with Gasteiger partial charge >= 0.3 is 0 Å². The summed E-state index contributed by atoms with van der Waals surface area (Å²) >= 11 is 1.63. The summed E-state index contributed by atoms with van der Waals surface area (Å²) in [7, 11) is 0. The summed E-state index contributed by atoms with van der Waals surface area (Å²) in [6, 6.07) is 11.8. The molecule has 0 radical (unpaired) electrons. The summed E-state index contributed by atoms with van der Waals surface area (Å²) in [5.41, 5.74) is 3.63. The maximum absolute atomic E-state index is 12.3. The van der Waals surface area contributed by atoms with Crippen LogP contribution in [-0.4, -0.2) is 29.0 Å². The van der Waals surface area contributed by atoms with E-state index in [0.717, 1.165) is 51.1 Å². The van der Waals surface area contributed by atoms with Crippen LogP contribution in [0, 0.1) is 6.92 Å². The van der Waals surface area contributed by atoms with Crippen LogP contribution in [0.2, 0.25) is 0 Å². The fraction of sp³-hybridized carbons (Fsp3) is 0.286. The number of unbranched alkanes of at least 4 members (excludes halogenated alkanes) is 1. The fourth-order valence-corrected chi connectivity index (χ4v) is 4.09. The Hall–Kier alpha value is -2.73. The number of hydrogen-bond acceptors (Lipinski definition) is 5. The van der Waals surface area contributed by atoms with E-state index in [0.29, 0.717) is 6.54 Å². The van der Waals surface area contributed by atoms with E-state index >= 15 is 0 Å². The Bertz CT molecular complexity index is 969. The molecule has 0 unspecified atom stereocenters. The Morgan fingerprint density at radius 1 is 1.26 bits per heavy atom. The molecule has 0 aliphatic carbocycles. The van der Waals surface area contributed by atoms with Gasteiger partial charge in [0.2, 0.25) is 0 Å². The molecule has 4 rings (SSSR count). The van der Waals surface area contributed by atoms with Gasteiger partial charge in [-0.2, -0.15) is 0 Å². The minimum atomic E-state index is 0.0114. The summed E-state index contributed by atoms with van der Waals surface area (Å²) in [5, 5.41) is 0.899. The lowest BCUT2D eigenvalue weighted by molar-refractivity contribution is -0.121. The van der Waals surface area contributed by atoms with Crippen molar-refractivity contribution in [1.29, 1.82) is 0 Å². The predicted octanol–water partition coefficient (Wildman–Crippen LogP) is 4.71. The van der Waals surface area contributed by atoms with E-state index in [-0.39, 0.29) is 12.5 Å². The highest BCUT2D eigenvalue weighted by Gasteiger charge is 2.26. The molecule has 0 fully saturated rings. The van der Waals surface area contributed by atoms with Gasteiger partial charge in [0.05, 0.1) is 17.1 Å². The number of nitrogens with zero attached hydrogens (tertiary/aromatic N) is 3. The normalized spacial score (nSPS) is 13.4. The lowest BCUT2D eigenvalue weighted by Crippen LogP contribution is -2.39. The first-order valence-electron chi connectivity index (χ1n) is 9.14.